The molecule has 0 radical (unpaired) electrons. The highest BCUT2D eigenvalue weighted by atomic mass is 35.5. The van der Waals surface area contributed by atoms with Crippen molar-refractivity contribution in [2.24, 2.45) is 7.05 Å². The molecule has 3 rings (SSSR count). The Balaban J connectivity index is 1.88. The zero-order valence-corrected chi connectivity index (χ0v) is 15.9. The summed E-state index contributed by atoms with van der Waals surface area (Å²) in [5.74, 6) is 0.456. The molecule has 0 fully saturated rings. The van der Waals surface area contributed by atoms with E-state index in [2.05, 4.69) is 10.4 Å². The number of aromatic nitrogens is 2. The average Bonchev–Trinajstić information content (AvgIpc) is 3.08. The molecule has 1 aromatic heterocycles. The molecule has 140 valence electrons. The third-order valence-corrected chi connectivity index (χ3v) is 4.20. The summed E-state index contributed by atoms with van der Waals surface area (Å²) in [6.45, 7) is 0.910. The summed E-state index contributed by atoms with van der Waals surface area (Å²) in [7, 11) is 3.48. The van der Waals surface area contributed by atoms with Crippen molar-refractivity contribution in [2.75, 3.05) is 25.6 Å². The second kappa shape index (κ2) is 8.70. The molecule has 0 aliphatic heterocycles. The van der Waals surface area contributed by atoms with Crippen molar-refractivity contribution in [3.05, 3.63) is 65.3 Å². The van der Waals surface area contributed by atoms with Crippen LogP contribution in [0.25, 0.3) is 11.3 Å². The van der Waals surface area contributed by atoms with E-state index in [1.807, 2.05) is 25.2 Å². The predicted octanol–water partition coefficient (Wildman–Crippen LogP) is 4.02. The van der Waals surface area contributed by atoms with Gasteiger partial charge in [0.25, 0.3) is 5.91 Å². The molecule has 0 spiro atoms. The summed E-state index contributed by atoms with van der Waals surface area (Å²) in [5.41, 5.74) is 2.84. The first-order chi connectivity index (χ1) is 13.1. The minimum atomic E-state index is -0.235. The smallest absolute Gasteiger partial charge is 0.255 e. The van der Waals surface area contributed by atoms with Crippen LogP contribution in [0.3, 0.4) is 0 Å². The summed E-state index contributed by atoms with van der Waals surface area (Å²) >= 11 is 5.97. The van der Waals surface area contributed by atoms with Crippen molar-refractivity contribution in [1.82, 2.24) is 9.78 Å². The zero-order valence-electron chi connectivity index (χ0n) is 15.1. The lowest BCUT2D eigenvalue weighted by atomic mass is 10.1. The highest BCUT2D eigenvalue weighted by Gasteiger charge is 2.13. The molecule has 27 heavy (non-hydrogen) atoms. The maximum atomic E-state index is 12.5. The molecule has 1 N–H and O–H groups in total. The molecule has 0 bridgehead atoms. The van der Waals surface area contributed by atoms with Crippen molar-refractivity contribution in [3.8, 4) is 17.0 Å². The molecular formula is C20H20ClN3O3. The van der Waals surface area contributed by atoms with E-state index in [1.165, 1.54) is 0 Å². The van der Waals surface area contributed by atoms with E-state index in [9.17, 15) is 4.79 Å². The van der Waals surface area contributed by atoms with Gasteiger partial charge in [0.1, 0.15) is 12.4 Å². The first-order valence-corrected chi connectivity index (χ1v) is 8.77. The maximum Gasteiger partial charge on any atom is 0.255 e. The van der Waals surface area contributed by atoms with Crippen LogP contribution in [0.15, 0.2) is 54.7 Å². The number of methoxy groups -OCH3 is 1. The Morgan fingerprint density at radius 2 is 2.04 bits per heavy atom. The van der Waals surface area contributed by atoms with Gasteiger partial charge < -0.3 is 14.8 Å². The predicted molar refractivity (Wildman–Crippen MR) is 105 cm³/mol. The number of amides is 1. The highest BCUT2D eigenvalue weighted by molar-refractivity contribution is 6.31. The third-order valence-electron chi connectivity index (χ3n) is 3.97. The summed E-state index contributed by atoms with van der Waals surface area (Å²) in [4.78, 5) is 12.5. The highest BCUT2D eigenvalue weighted by Crippen LogP contribution is 2.32. The van der Waals surface area contributed by atoms with Gasteiger partial charge in [-0.05, 0) is 42.5 Å². The van der Waals surface area contributed by atoms with Gasteiger partial charge in [0.05, 0.1) is 12.3 Å². The van der Waals surface area contributed by atoms with Gasteiger partial charge in [0.2, 0.25) is 0 Å². The standard InChI is InChI=1S/C20H20ClN3O3/c1-24-18(8-9-22-24)17-13-16(6-7-19(17)27-11-10-26-2)23-20(25)14-4-3-5-15(21)12-14/h3-9,12-13H,10-11H2,1-2H3,(H,23,25). The van der Waals surface area contributed by atoms with Gasteiger partial charge in [-0.25, -0.2) is 0 Å². The summed E-state index contributed by atoms with van der Waals surface area (Å²) in [5, 5.41) is 7.62. The van der Waals surface area contributed by atoms with Gasteiger partial charge in [0, 0.05) is 42.2 Å². The molecule has 0 unspecified atom stereocenters. The van der Waals surface area contributed by atoms with Crippen LogP contribution in [0.5, 0.6) is 5.75 Å². The third kappa shape index (κ3) is 4.67. The fourth-order valence-electron chi connectivity index (χ4n) is 2.64. The lowest BCUT2D eigenvalue weighted by Gasteiger charge is -2.14. The Bertz CT molecular complexity index is 940. The molecule has 0 aliphatic rings. The molecule has 3 aromatic rings. The Kier molecular flexibility index (Phi) is 6.11. The second-order valence-corrected chi connectivity index (χ2v) is 6.29. The molecule has 1 amide bonds. The van der Waals surface area contributed by atoms with Crippen LogP contribution in [0.4, 0.5) is 5.69 Å². The first-order valence-electron chi connectivity index (χ1n) is 8.39. The molecule has 0 saturated heterocycles. The number of carbonyl (C=O) groups excluding carboxylic acids is 1. The van der Waals surface area contributed by atoms with E-state index in [0.29, 0.717) is 35.2 Å². The number of halogens is 1. The topological polar surface area (TPSA) is 65.4 Å². The van der Waals surface area contributed by atoms with E-state index >= 15 is 0 Å². The van der Waals surface area contributed by atoms with Crippen molar-refractivity contribution in [2.45, 2.75) is 0 Å². The van der Waals surface area contributed by atoms with Gasteiger partial charge >= 0.3 is 0 Å². The molecule has 0 atom stereocenters. The van der Waals surface area contributed by atoms with E-state index in [4.69, 9.17) is 21.1 Å². The average molecular weight is 386 g/mol. The molecule has 7 heteroatoms. The van der Waals surface area contributed by atoms with Crippen molar-refractivity contribution in [3.63, 3.8) is 0 Å². The number of ether oxygens (including phenoxy) is 2. The summed E-state index contributed by atoms with van der Waals surface area (Å²) < 4.78 is 12.6. The lowest BCUT2D eigenvalue weighted by Crippen LogP contribution is -2.12. The Morgan fingerprint density at radius 1 is 1.19 bits per heavy atom. The maximum absolute atomic E-state index is 12.5. The first kappa shape index (κ1) is 18.9. The number of hydrogen-bond acceptors (Lipinski definition) is 4. The van der Waals surface area contributed by atoms with Crippen molar-refractivity contribution < 1.29 is 14.3 Å². The van der Waals surface area contributed by atoms with Crippen LogP contribution < -0.4 is 10.1 Å². The molecule has 0 saturated carbocycles. The monoisotopic (exact) mass is 385 g/mol. The fourth-order valence-corrected chi connectivity index (χ4v) is 2.83. The number of benzene rings is 2. The minimum absolute atomic E-state index is 0.235. The fraction of sp³-hybridized carbons (Fsp3) is 0.200. The van der Waals surface area contributed by atoms with Crippen LogP contribution in [-0.4, -0.2) is 36.0 Å². The Labute approximate surface area is 162 Å². The normalized spacial score (nSPS) is 10.6. The molecule has 6 nitrogen and oxygen atoms in total. The van der Waals surface area contributed by atoms with Gasteiger partial charge in [0.15, 0.2) is 0 Å². The summed E-state index contributed by atoms with van der Waals surface area (Å²) in [6.07, 6.45) is 1.71. The van der Waals surface area contributed by atoms with Gasteiger partial charge in [-0.2, -0.15) is 5.10 Å². The van der Waals surface area contributed by atoms with E-state index < -0.39 is 0 Å². The van der Waals surface area contributed by atoms with Gasteiger partial charge in [-0.15, -0.1) is 0 Å². The van der Waals surface area contributed by atoms with E-state index in [0.717, 1.165) is 11.3 Å². The van der Waals surface area contributed by atoms with Crippen LogP contribution in [0.2, 0.25) is 5.02 Å². The summed E-state index contributed by atoms with van der Waals surface area (Å²) in [6, 6.07) is 14.2. The zero-order chi connectivity index (χ0) is 19.2. The van der Waals surface area contributed by atoms with Crippen molar-refractivity contribution in [1.29, 1.82) is 0 Å². The SMILES string of the molecule is COCCOc1ccc(NC(=O)c2cccc(Cl)c2)cc1-c1ccnn1C. The van der Waals surface area contributed by atoms with E-state index in [1.54, 1.807) is 48.3 Å². The number of anilines is 1. The van der Waals surface area contributed by atoms with Crippen LogP contribution in [-0.2, 0) is 11.8 Å². The van der Waals surface area contributed by atoms with Crippen LogP contribution >= 0.6 is 11.6 Å². The molecule has 2 aromatic carbocycles. The molecule has 0 aliphatic carbocycles. The number of nitrogens with one attached hydrogen (secondary N) is 1. The number of nitrogens with zero attached hydrogens (tertiary/aromatic N) is 2. The number of hydrogen-bond donors (Lipinski definition) is 1. The van der Waals surface area contributed by atoms with Crippen LogP contribution in [0.1, 0.15) is 10.4 Å². The number of carbonyl (C=O) groups is 1. The largest absolute Gasteiger partial charge is 0.490 e. The van der Waals surface area contributed by atoms with E-state index in [-0.39, 0.29) is 5.91 Å². The minimum Gasteiger partial charge on any atom is -0.490 e. The quantitative estimate of drug-likeness (QED) is 0.624. The van der Waals surface area contributed by atoms with Crippen molar-refractivity contribution >= 4 is 23.2 Å². The Hall–Kier alpha value is -2.83. The number of aryl methyl sites for hydroxylation is 1. The number of rotatable bonds is 7. The Morgan fingerprint density at radius 3 is 2.74 bits per heavy atom. The van der Waals surface area contributed by atoms with Gasteiger partial charge in [-0.1, -0.05) is 17.7 Å². The molecular weight excluding hydrogens is 366 g/mol. The second-order valence-electron chi connectivity index (χ2n) is 5.86. The van der Waals surface area contributed by atoms with Crippen LogP contribution in [0, 0.1) is 0 Å². The molecule has 1 heterocycles. The van der Waals surface area contributed by atoms with Gasteiger partial charge in [-0.3, -0.25) is 9.48 Å². The lowest BCUT2D eigenvalue weighted by molar-refractivity contribution is 0.102.